The van der Waals surface area contributed by atoms with Gasteiger partial charge >= 0.3 is 6.03 Å². The van der Waals surface area contributed by atoms with Gasteiger partial charge in [-0.3, -0.25) is 9.59 Å². The smallest absolute Gasteiger partial charge is 0.312 e. The van der Waals surface area contributed by atoms with E-state index in [1.807, 2.05) is 13.8 Å². The van der Waals surface area contributed by atoms with Crippen LogP contribution in [0, 0.1) is 5.92 Å². The first-order chi connectivity index (χ1) is 9.29. The summed E-state index contributed by atoms with van der Waals surface area (Å²) in [7, 11) is 1.71. The Kier molecular flexibility index (Phi) is 8.54. The van der Waals surface area contributed by atoms with E-state index in [4.69, 9.17) is 5.73 Å². The molecule has 0 fully saturated rings. The molecule has 0 aromatic heterocycles. The highest BCUT2D eigenvalue weighted by Crippen LogP contribution is 2.04. The first-order valence-electron chi connectivity index (χ1n) is 6.81. The summed E-state index contributed by atoms with van der Waals surface area (Å²) in [6, 6.07) is -1.46. The Bertz CT molecular complexity index is 345. The SMILES string of the molecule is CN[C@H](C(=O)N[C@@H](CCCNC(N)=O)C(C)=O)C(C)C. The minimum absolute atomic E-state index is 0.101. The molecule has 5 N–H and O–H groups in total. The highest BCUT2D eigenvalue weighted by molar-refractivity contribution is 5.89. The van der Waals surface area contributed by atoms with Crippen molar-refractivity contribution in [3.05, 3.63) is 0 Å². The van der Waals surface area contributed by atoms with Gasteiger partial charge < -0.3 is 21.7 Å². The molecular formula is C13H26N4O3. The standard InChI is InChI=1S/C13H26N4O3/c1-8(2)11(15-4)12(19)17-10(9(3)18)6-5-7-16-13(14)20/h8,10-11,15H,5-7H2,1-4H3,(H,17,19)(H3,14,16,20)/t10-,11-/m0/s1. The summed E-state index contributed by atoms with van der Waals surface area (Å²) in [6.07, 6.45) is 1.04. The lowest BCUT2D eigenvalue weighted by molar-refractivity contribution is -0.129. The second kappa shape index (κ2) is 9.30. The lowest BCUT2D eigenvalue weighted by atomic mass is 10.0. The van der Waals surface area contributed by atoms with Crippen molar-refractivity contribution in [3.8, 4) is 0 Å². The molecule has 116 valence electrons. The molecule has 7 heteroatoms. The fourth-order valence-electron chi connectivity index (χ4n) is 1.92. The summed E-state index contributed by atoms with van der Waals surface area (Å²) >= 11 is 0. The van der Waals surface area contributed by atoms with Crippen LogP contribution in [0.15, 0.2) is 0 Å². The van der Waals surface area contributed by atoms with Crippen LogP contribution < -0.4 is 21.7 Å². The first kappa shape index (κ1) is 18.4. The van der Waals surface area contributed by atoms with Crippen LogP contribution in [-0.2, 0) is 9.59 Å². The molecule has 0 spiro atoms. The number of likely N-dealkylation sites (N-methyl/N-ethyl adjacent to an activating group) is 1. The van der Waals surface area contributed by atoms with Gasteiger partial charge in [0.15, 0.2) is 5.78 Å². The molecule has 7 nitrogen and oxygen atoms in total. The Morgan fingerprint density at radius 2 is 1.80 bits per heavy atom. The minimum Gasteiger partial charge on any atom is -0.352 e. The van der Waals surface area contributed by atoms with E-state index in [1.54, 1.807) is 7.05 Å². The lowest BCUT2D eigenvalue weighted by Gasteiger charge is -2.23. The summed E-state index contributed by atoms with van der Waals surface area (Å²) in [5.74, 6) is -0.161. The number of amides is 3. The van der Waals surface area contributed by atoms with Gasteiger partial charge in [0.2, 0.25) is 5.91 Å². The van der Waals surface area contributed by atoms with Crippen LogP contribution in [0.25, 0.3) is 0 Å². The number of Topliss-reactive ketones (excluding diaryl/α,β-unsaturated/α-hetero) is 1. The van der Waals surface area contributed by atoms with Crippen LogP contribution in [0.2, 0.25) is 0 Å². The number of primary amides is 1. The first-order valence-corrected chi connectivity index (χ1v) is 6.81. The summed E-state index contributed by atoms with van der Waals surface area (Å²) in [5.41, 5.74) is 4.95. The number of carbonyl (C=O) groups is 3. The maximum absolute atomic E-state index is 12.1. The number of hydrogen-bond acceptors (Lipinski definition) is 4. The number of urea groups is 1. The maximum atomic E-state index is 12.1. The van der Waals surface area contributed by atoms with Gasteiger partial charge in [-0.1, -0.05) is 13.8 Å². The largest absolute Gasteiger partial charge is 0.352 e. The van der Waals surface area contributed by atoms with Crippen LogP contribution >= 0.6 is 0 Å². The van der Waals surface area contributed by atoms with Crippen molar-refractivity contribution in [2.45, 2.75) is 45.7 Å². The molecule has 0 saturated heterocycles. The van der Waals surface area contributed by atoms with Gasteiger partial charge in [-0.2, -0.15) is 0 Å². The van der Waals surface area contributed by atoms with Crippen molar-refractivity contribution < 1.29 is 14.4 Å². The van der Waals surface area contributed by atoms with E-state index in [0.29, 0.717) is 19.4 Å². The fraction of sp³-hybridized carbons (Fsp3) is 0.769. The monoisotopic (exact) mass is 286 g/mol. The van der Waals surface area contributed by atoms with Gasteiger partial charge in [-0.15, -0.1) is 0 Å². The zero-order chi connectivity index (χ0) is 15.7. The average molecular weight is 286 g/mol. The molecule has 0 aromatic rings. The highest BCUT2D eigenvalue weighted by atomic mass is 16.2. The van der Waals surface area contributed by atoms with Gasteiger partial charge in [-0.05, 0) is 32.7 Å². The van der Waals surface area contributed by atoms with E-state index in [9.17, 15) is 14.4 Å². The van der Waals surface area contributed by atoms with E-state index >= 15 is 0 Å². The van der Waals surface area contributed by atoms with Crippen LogP contribution in [0.5, 0.6) is 0 Å². The quantitative estimate of drug-likeness (QED) is 0.438. The molecule has 0 heterocycles. The molecule has 2 atom stereocenters. The Morgan fingerprint density at radius 1 is 1.20 bits per heavy atom. The van der Waals surface area contributed by atoms with Gasteiger partial charge in [0.05, 0.1) is 12.1 Å². The summed E-state index contributed by atoms with van der Waals surface area (Å²) in [5, 5.41) is 8.12. The fourth-order valence-corrected chi connectivity index (χ4v) is 1.92. The third kappa shape index (κ3) is 7.08. The Hall–Kier alpha value is -1.63. The number of nitrogens with one attached hydrogen (secondary N) is 3. The minimum atomic E-state index is -0.594. The molecule has 20 heavy (non-hydrogen) atoms. The number of carbonyl (C=O) groups excluding carboxylic acids is 3. The van der Waals surface area contributed by atoms with Crippen molar-refractivity contribution in [3.63, 3.8) is 0 Å². The lowest BCUT2D eigenvalue weighted by Crippen LogP contribution is -2.51. The van der Waals surface area contributed by atoms with Crippen LogP contribution in [-0.4, -0.2) is 43.4 Å². The number of rotatable bonds is 9. The van der Waals surface area contributed by atoms with Gasteiger partial charge in [0, 0.05) is 6.54 Å². The Morgan fingerprint density at radius 3 is 2.20 bits per heavy atom. The van der Waals surface area contributed by atoms with E-state index in [1.165, 1.54) is 6.92 Å². The van der Waals surface area contributed by atoms with Gasteiger partial charge in [-0.25, -0.2) is 4.79 Å². The van der Waals surface area contributed by atoms with Crippen LogP contribution in [0.4, 0.5) is 4.79 Å². The molecule has 0 aliphatic heterocycles. The highest BCUT2D eigenvalue weighted by Gasteiger charge is 2.24. The zero-order valence-corrected chi connectivity index (χ0v) is 12.7. The molecule has 3 amide bonds. The summed E-state index contributed by atoms with van der Waals surface area (Å²) in [6.45, 7) is 5.69. The van der Waals surface area contributed by atoms with Crippen molar-refractivity contribution in [2.75, 3.05) is 13.6 Å². The van der Waals surface area contributed by atoms with Crippen molar-refractivity contribution in [1.29, 1.82) is 0 Å². The molecule has 0 rings (SSSR count). The predicted octanol–water partition coefficient (Wildman–Crippen LogP) is -0.247. The van der Waals surface area contributed by atoms with Crippen LogP contribution in [0.1, 0.15) is 33.6 Å². The van der Waals surface area contributed by atoms with Crippen molar-refractivity contribution >= 4 is 17.7 Å². The number of ketones is 1. The Labute approximate surface area is 120 Å². The van der Waals surface area contributed by atoms with E-state index in [0.717, 1.165) is 0 Å². The summed E-state index contributed by atoms with van der Waals surface area (Å²) < 4.78 is 0. The molecule has 0 unspecified atom stereocenters. The second-order valence-corrected chi connectivity index (χ2v) is 5.12. The normalized spacial score (nSPS) is 13.7. The Balaban J connectivity index is 4.36. The van der Waals surface area contributed by atoms with Crippen molar-refractivity contribution in [1.82, 2.24) is 16.0 Å². The molecular weight excluding hydrogens is 260 g/mol. The van der Waals surface area contributed by atoms with E-state index < -0.39 is 12.1 Å². The molecule has 0 bridgehead atoms. The van der Waals surface area contributed by atoms with Gasteiger partial charge in [0.25, 0.3) is 0 Å². The third-order valence-corrected chi connectivity index (χ3v) is 3.04. The van der Waals surface area contributed by atoms with Gasteiger partial charge in [0.1, 0.15) is 0 Å². The molecule has 0 saturated carbocycles. The topological polar surface area (TPSA) is 113 Å². The van der Waals surface area contributed by atoms with Crippen LogP contribution in [0.3, 0.4) is 0 Å². The zero-order valence-electron chi connectivity index (χ0n) is 12.7. The number of nitrogens with two attached hydrogens (primary N) is 1. The van der Waals surface area contributed by atoms with E-state index in [-0.39, 0.29) is 23.7 Å². The van der Waals surface area contributed by atoms with Crippen molar-refractivity contribution in [2.24, 2.45) is 11.7 Å². The van der Waals surface area contributed by atoms with E-state index in [2.05, 4.69) is 16.0 Å². The maximum Gasteiger partial charge on any atom is 0.312 e. The predicted molar refractivity (Wildman–Crippen MR) is 77.1 cm³/mol. The molecule has 0 aliphatic rings. The average Bonchev–Trinajstić information content (AvgIpc) is 2.32. The molecule has 0 radical (unpaired) electrons. The third-order valence-electron chi connectivity index (χ3n) is 3.04. The molecule has 0 aliphatic carbocycles. The molecule has 0 aromatic carbocycles. The number of hydrogen-bond donors (Lipinski definition) is 4. The second-order valence-electron chi connectivity index (χ2n) is 5.12. The summed E-state index contributed by atoms with van der Waals surface area (Å²) in [4.78, 5) is 34.1.